The molecule has 1 aliphatic heterocycles. The highest BCUT2D eigenvalue weighted by Crippen LogP contribution is 2.33. The normalized spacial score (nSPS) is 16.2. The average molecular weight is 466 g/mol. The minimum atomic E-state index is -0.316. The molecule has 1 atom stereocenters. The van der Waals surface area contributed by atoms with Gasteiger partial charge in [-0.15, -0.1) is 0 Å². The number of nitrogens with zero attached hydrogens (tertiary/aromatic N) is 3. The van der Waals surface area contributed by atoms with Crippen LogP contribution in [0.3, 0.4) is 0 Å². The van der Waals surface area contributed by atoms with Gasteiger partial charge in [-0.2, -0.15) is 0 Å². The van der Waals surface area contributed by atoms with E-state index in [1.165, 1.54) is 0 Å². The number of carbonyl (C=O) groups excluding carboxylic acids is 2. The number of pyridine rings is 1. The fraction of sp³-hybridized carbons (Fsp3) is 0.346. The lowest BCUT2D eigenvalue weighted by atomic mass is 10.0. The summed E-state index contributed by atoms with van der Waals surface area (Å²) in [4.78, 5) is 33.8. The van der Waals surface area contributed by atoms with E-state index in [-0.39, 0.29) is 18.0 Å². The van der Waals surface area contributed by atoms with Gasteiger partial charge in [0.15, 0.2) is 0 Å². The SMILES string of the molecule is CCCOC(=O)N1CCN(C(=O)c2ccc3c(Cl)c(C)c(-c4ccccc4)nc3c2)[C@@H](C)C1. The standard InChI is InChI=1S/C26H28ClN3O3/c1-4-14-33-26(32)29-12-13-30(17(2)16-29)25(31)20-10-11-21-22(15-20)28-24(18(3)23(21)27)19-8-6-5-7-9-19/h5-11,15,17H,4,12-14,16H2,1-3H3/t17-/m0/s1. The van der Waals surface area contributed by atoms with Crippen molar-refractivity contribution in [1.29, 1.82) is 0 Å². The third-order valence-electron chi connectivity index (χ3n) is 6.02. The molecule has 2 amide bonds. The molecular formula is C26H28ClN3O3. The molecule has 1 saturated heterocycles. The van der Waals surface area contributed by atoms with Crippen molar-refractivity contribution < 1.29 is 14.3 Å². The highest BCUT2D eigenvalue weighted by molar-refractivity contribution is 6.36. The first-order valence-electron chi connectivity index (χ1n) is 11.3. The number of carbonyl (C=O) groups is 2. The predicted molar refractivity (Wildman–Crippen MR) is 131 cm³/mol. The van der Waals surface area contributed by atoms with E-state index in [1.807, 2.05) is 63.2 Å². The zero-order chi connectivity index (χ0) is 23.5. The molecular weight excluding hydrogens is 438 g/mol. The van der Waals surface area contributed by atoms with Crippen LogP contribution in [0.15, 0.2) is 48.5 Å². The number of benzene rings is 2. The van der Waals surface area contributed by atoms with E-state index >= 15 is 0 Å². The Kier molecular flexibility index (Phi) is 6.84. The Balaban J connectivity index is 1.59. The monoisotopic (exact) mass is 465 g/mol. The molecule has 1 aliphatic rings. The maximum absolute atomic E-state index is 13.3. The van der Waals surface area contributed by atoms with Gasteiger partial charge in [-0.1, -0.05) is 54.9 Å². The summed E-state index contributed by atoms with van der Waals surface area (Å²) in [6.45, 7) is 7.63. The minimum Gasteiger partial charge on any atom is -0.449 e. The van der Waals surface area contributed by atoms with Crippen LogP contribution < -0.4 is 0 Å². The average Bonchev–Trinajstić information content (AvgIpc) is 2.84. The summed E-state index contributed by atoms with van der Waals surface area (Å²) < 4.78 is 5.24. The van der Waals surface area contributed by atoms with Gasteiger partial charge in [0, 0.05) is 42.2 Å². The van der Waals surface area contributed by atoms with Crippen molar-refractivity contribution in [2.24, 2.45) is 0 Å². The molecule has 1 aromatic heterocycles. The van der Waals surface area contributed by atoms with Gasteiger partial charge in [-0.25, -0.2) is 9.78 Å². The predicted octanol–water partition coefficient (Wildman–Crippen LogP) is 5.56. The molecule has 7 heteroatoms. The number of ether oxygens (including phenoxy) is 1. The van der Waals surface area contributed by atoms with Crippen LogP contribution in [0.4, 0.5) is 4.79 Å². The van der Waals surface area contributed by atoms with Crippen molar-refractivity contribution in [2.45, 2.75) is 33.2 Å². The Bertz CT molecular complexity index is 1180. The van der Waals surface area contributed by atoms with Crippen LogP contribution in [0.25, 0.3) is 22.2 Å². The number of amides is 2. The van der Waals surface area contributed by atoms with Crippen molar-refractivity contribution in [3.63, 3.8) is 0 Å². The quantitative estimate of drug-likeness (QED) is 0.506. The topological polar surface area (TPSA) is 62.7 Å². The Morgan fingerprint density at radius 3 is 2.61 bits per heavy atom. The van der Waals surface area contributed by atoms with Crippen LogP contribution in [0.1, 0.15) is 36.2 Å². The third kappa shape index (κ3) is 4.67. The summed E-state index contributed by atoms with van der Waals surface area (Å²) in [6.07, 6.45) is 0.467. The summed E-state index contributed by atoms with van der Waals surface area (Å²) in [5.74, 6) is -0.0780. The molecule has 0 saturated carbocycles. The van der Waals surface area contributed by atoms with Crippen LogP contribution in [0.5, 0.6) is 0 Å². The Morgan fingerprint density at radius 2 is 1.91 bits per heavy atom. The Morgan fingerprint density at radius 1 is 1.15 bits per heavy atom. The van der Waals surface area contributed by atoms with Gasteiger partial charge in [0.2, 0.25) is 0 Å². The lowest BCUT2D eigenvalue weighted by molar-refractivity contribution is 0.0414. The van der Waals surface area contributed by atoms with Gasteiger partial charge in [0.25, 0.3) is 5.91 Å². The molecule has 0 radical (unpaired) electrons. The van der Waals surface area contributed by atoms with Crippen LogP contribution in [-0.4, -0.2) is 59.1 Å². The number of fused-ring (bicyclic) bond motifs is 1. The molecule has 1 fully saturated rings. The molecule has 33 heavy (non-hydrogen) atoms. The van der Waals surface area contributed by atoms with Crippen molar-refractivity contribution in [3.8, 4) is 11.3 Å². The number of hydrogen-bond acceptors (Lipinski definition) is 4. The summed E-state index contributed by atoms with van der Waals surface area (Å²) in [5, 5.41) is 1.47. The van der Waals surface area contributed by atoms with Gasteiger partial charge >= 0.3 is 6.09 Å². The van der Waals surface area contributed by atoms with E-state index in [9.17, 15) is 9.59 Å². The molecule has 4 rings (SSSR count). The fourth-order valence-electron chi connectivity index (χ4n) is 4.20. The Hall–Kier alpha value is -3.12. The molecule has 0 unspecified atom stereocenters. The van der Waals surface area contributed by atoms with Crippen molar-refractivity contribution in [3.05, 3.63) is 64.7 Å². The van der Waals surface area contributed by atoms with Gasteiger partial charge in [0.05, 0.1) is 22.8 Å². The number of piperazine rings is 1. The first kappa shape index (κ1) is 23.1. The molecule has 2 heterocycles. The van der Waals surface area contributed by atoms with Gasteiger partial charge in [-0.3, -0.25) is 4.79 Å². The highest BCUT2D eigenvalue weighted by atomic mass is 35.5. The molecule has 0 N–H and O–H groups in total. The number of aromatic nitrogens is 1. The van der Waals surface area contributed by atoms with Crippen molar-refractivity contribution >= 4 is 34.5 Å². The lowest BCUT2D eigenvalue weighted by Gasteiger charge is -2.39. The largest absolute Gasteiger partial charge is 0.449 e. The molecule has 0 bridgehead atoms. The lowest BCUT2D eigenvalue weighted by Crippen LogP contribution is -2.55. The minimum absolute atomic E-state index is 0.0780. The van der Waals surface area contributed by atoms with E-state index in [2.05, 4.69) is 0 Å². The number of halogens is 1. The zero-order valence-corrected chi connectivity index (χ0v) is 19.9. The second-order valence-corrected chi connectivity index (χ2v) is 8.78. The molecule has 6 nitrogen and oxygen atoms in total. The first-order chi connectivity index (χ1) is 15.9. The molecule has 2 aromatic carbocycles. The third-order valence-corrected chi connectivity index (χ3v) is 6.51. The second-order valence-electron chi connectivity index (χ2n) is 8.41. The smallest absolute Gasteiger partial charge is 0.409 e. The second kappa shape index (κ2) is 9.79. The van der Waals surface area contributed by atoms with Crippen molar-refractivity contribution in [2.75, 3.05) is 26.2 Å². The fourth-order valence-corrected chi connectivity index (χ4v) is 4.45. The van der Waals surface area contributed by atoms with E-state index in [0.29, 0.717) is 42.3 Å². The summed E-state index contributed by atoms with van der Waals surface area (Å²) in [5.41, 5.74) is 3.95. The maximum atomic E-state index is 13.3. The van der Waals surface area contributed by atoms with Crippen LogP contribution in [0, 0.1) is 6.92 Å². The number of rotatable bonds is 4. The van der Waals surface area contributed by atoms with E-state index in [4.69, 9.17) is 21.3 Å². The molecule has 0 aliphatic carbocycles. The molecule has 3 aromatic rings. The first-order valence-corrected chi connectivity index (χ1v) is 11.7. The Labute approximate surface area is 199 Å². The zero-order valence-electron chi connectivity index (χ0n) is 19.2. The van der Waals surface area contributed by atoms with Gasteiger partial charge < -0.3 is 14.5 Å². The summed E-state index contributed by atoms with van der Waals surface area (Å²) in [6, 6.07) is 15.2. The van der Waals surface area contributed by atoms with Gasteiger partial charge in [0.1, 0.15) is 0 Å². The van der Waals surface area contributed by atoms with E-state index in [1.54, 1.807) is 15.9 Å². The van der Waals surface area contributed by atoms with Crippen LogP contribution >= 0.6 is 11.6 Å². The van der Waals surface area contributed by atoms with E-state index < -0.39 is 0 Å². The van der Waals surface area contributed by atoms with E-state index in [0.717, 1.165) is 28.6 Å². The molecule has 0 spiro atoms. The summed E-state index contributed by atoms with van der Waals surface area (Å²) >= 11 is 6.68. The number of hydrogen-bond donors (Lipinski definition) is 0. The summed E-state index contributed by atoms with van der Waals surface area (Å²) in [7, 11) is 0. The molecule has 172 valence electrons. The van der Waals surface area contributed by atoms with Gasteiger partial charge in [-0.05, 0) is 38.0 Å². The van der Waals surface area contributed by atoms with Crippen LogP contribution in [0.2, 0.25) is 5.02 Å². The maximum Gasteiger partial charge on any atom is 0.409 e. The highest BCUT2D eigenvalue weighted by Gasteiger charge is 2.31. The van der Waals surface area contributed by atoms with Crippen molar-refractivity contribution in [1.82, 2.24) is 14.8 Å². The van der Waals surface area contributed by atoms with Crippen LogP contribution in [-0.2, 0) is 4.74 Å².